The van der Waals surface area contributed by atoms with Crippen LogP contribution in [0.25, 0.3) is 11.4 Å². The maximum atomic E-state index is 13.4. The van der Waals surface area contributed by atoms with E-state index in [1.54, 1.807) is 6.07 Å². The lowest BCUT2D eigenvalue weighted by atomic mass is 10.2. The van der Waals surface area contributed by atoms with Crippen LogP contribution in [0.2, 0.25) is 0 Å². The molecule has 3 rings (SSSR count). The van der Waals surface area contributed by atoms with Gasteiger partial charge in [0, 0.05) is 5.69 Å². The van der Waals surface area contributed by atoms with Gasteiger partial charge in [0.05, 0.1) is 17.8 Å². The molecular weight excluding hydrogens is 231 g/mol. The summed E-state index contributed by atoms with van der Waals surface area (Å²) in [4.78, 5) is 4.63. The van der Waals surface area contributed by atoms with Gasteiger partial charge in [0.15, 0.2) is 0 Å². The van der Waals surface area contributed by atoms with Crippen molar-refractivity contribution in [3.8, 4) is 17.1 Å². The van der Waals surface area contributed by atoms with Crippen LogP contribution < -0.4 is 4.74 Å². The fraction of sp³-hybridized carbons (Fsp3) is 0.357. The highest BCUT2D eigenvalue weighted by molar-refractivity contribution is 5.66. The number of nitrogens with zero attached hydrogens (tertiary/aromatic N) is 2. The van der Waals surface area contributed by atoms with Crippen molar-refractivity contribution in [2.45, 2.75) is 26.8 Å². The number of benzene rings is 1. The molecule has 0 amide bonds. The first-order chi connectivity index (χ1) is 8.70. The summed E-state index contributed by atoms with van der Waals surface area (Å²) in [6.45, 7) is 5.48. The number of hydrogen-bond donors (Lipinski definition) is 0. The van der Waals surface area contributed by atoms with Crippen molar-refractivity contribution < 1.29 is 9.13 Å². The van der Waals surface area contributed by atoms with E-state index in [1.165, 1.54) is 12.1 Å². The molecule has 0 spiro atoms. The smallest absolute Gasteiger partial charge is 0.144 e. The number of ether oxygens (including phenoxy) is 1. The minimum atomic E-state index is -0.260. The molecule has 0 N–H and O–H groups in total. The molecule has 0 atom stereocenters. The van der Waals surface area contributed by atoms with Gasteiger partial charge in [-0.05, 0) is 31.5 Å². The van der Waals surface area contributed by atoms with Gasteiger partial charge in [0.1, 0.15) is 24.0 Å². The first kappa shape index (κ1) is 11.3. The molecule has 2 aromatic rings. The third kappa shape index (κ3) is 1.60. The largest absolute Gasteiger partial charge is 0.491 e. The van der Waals surface area contributed by atoms with Crippen molar-refractivity contribution in [2.75, 3.05) is 6.61 Å². The lowest BCUT2D eigenvalue weighted by Crippen LogP contribution is -2.07. The molecule has 4 heteroatoms. The van der Waals surface area contributed by atoms with E-state index in [1.807, 2.05) is 0 Å². The minimum Gasteiger partial charge on any atom is -0.491 e. The average molecular weight is 246 g/mol. The van der Waals surface area contributed by atoms with Gasteiger partial charge in [-0.15, -0.1) is 0 Å². The molecule has 2 heterocycles. The van der Waals surface area contributed by atoms with E-state index in [4.69, 9.17) is 4.74 Å². The molecular formula is C14H15FN2O. The van der Waals surface area contributed by atoms with Crippen LogP contribution in [-0.4, -0.2) is 16.2 Å². The number of aryl methyl sites for hydroxylation is 1. The Kier molecular flexibility index (Phi) is 2.58. The molecule has 0 saturated heterocycles. The second-order valence-corrected chi connectivity index (χ2v) is 4.46. The van der Waals surface area contributed by atoms with Crippen molar-refractivity contribution >= 4 is 0 Å². The van der Waals surface area contributed by atoms with Crippen LogP contribution >= 0.6 is 0 Å². The van der Waals surface area contributed by atoms with Gasteiger partial charge in [-0.3, -0.25) is 0 Å². The Morgan fingerprint density at radius 1 is 1.44 bits per heavy atom. The Hall–Kier alpha value is -1.84. The Morgan fingerprint density at radius 2 is 2.28 bits per heavy atom. The lowest BCUT2D eigenvalue weighted by Gasteiger charge is -2.05. The van der Waals surface area contributed by atoms with Gasteiger partial charge in [-0.2, -0.15) is 0 Å². The van der Waals surface area contributed by atoms with Crippen LogP contribution in [0.5, 0.6) is 5.75 Å². The normalized spacial score (nSPS) is 13.5. The summed E-state index contributed by atoms with van der Waals surface area (Å²) in [6.07, 6.45) is 0.886. The highest BCUT2D eigenvalue weighted by Crippen LogP contribution is 2.33. The lowest BCUT2D eigenvalue weighted by molar-refractivity contribution is 0.305. The summed E-state index contributed by atoms with van der Waals surface area (Å²) < 4.78 is 21.2. The second kappa shape index (κ2) is 4.12. The molecule has 0 saturated carbocycles. The van der Waals surface area contributed by atoms with Crippen molar-refractivity contribution in [1.82, 2.24) is 9.55 Å². The molecule has 1 aliphatic rings. The van der Waals surface area contributed by atoms with E-state index in [0.717, 1.165) is 35.7 Å². The molecule has 1 aromatic carbocycles. The number of fused-ring (bicyclic) bond motifs is 3. The minimum absolute atomic E-state index is 0.260. The molecule has 0 radical (unpaired) electrons. The maximum absolute atomic E-state index is 13.4. The van der Waals surface area contributed by atoms with Crippen molar-refractivity contribution in [3.05, 3.63) is 35.4 Å². The van der Waals surface area contributed by atoms with E-state index < -0.39 is 0 Å². The standard InChI is InChI=1S/C14H15FN2O/c1-3-12-9(2)17-6-7-18-13-5-4-10(15)8-11(13)14(17)16-12/h4-5,8H,3,6-7H2,1-2H3. The van der Waals surface area contributed by atoms with Gasteiger partial charge in [-0.25, -0.2) is 9.37 Å². The molecule has 1 aliphatic heterocycles. The first-order valence-electron chi connectivity index (χ1n) is 6.19. The third-order valence-electron chi connectivity index (χ3n) is 3.41. The number of hydrogen-bond acceptors (Lipinski definition) is 2. The number of imidazole rings is 1. The van der Waals surface area contributed by atoms with Crippen LogP contribution in [0, 0.1) is 12.7 Å². The quantitative estimate of drug-likeness (QED) is 0.773. The number of aromatic nitrogens is 2. The van der Waals surface area contributed by atoms with Crippen molar-refractivity contribution in [2.24, 2.45) is 0 Å². The maximum Gasteiger partial charge on any atom is 0.144 e. The van der Waals surface area contributed by atoms with Crippen LogP contribution in [-0.2, 0) is 13.0 Å². The van der Waals surface area contributed by atoms with Crippen LogP contribution in [0.15, 0.2) is 18.2 Å². The highest BCUT2D eigenvalue weighted by Gasteiger charge is 2.21. The number of rotatable bonds is 1. The molecule has 0 fully saturated rings. The Labute approximate surface area is 105 Å². The summed E-state index contributed by atoms with van der Waals surface area (Å²) >= 11 is 0. The molecule has 0 unspecified atom stereocenters. The zero-order valence-electron chi connectivity index (χ0n) is 10.5. The summed E-state index contributed by atoms with van der Waals surface area (Å²) in [6, 6.07) is 4.60. The topological polar surface area (TPSA) is 27.1 Å². The van der Waals surface area contributed by atoms with E-state index in [0.29, 0.717) is 12.4 Å². The van der Waals surface area contributed by atoms with Crippen molar-refractivity contribution in [1.29, 1.82) is 0 Å². The molecule has 94 valence electrons. The zero-order valence-corrected chi connectivity index (χ0v) is 10.5. The fourth-order valence-corrected chi connectivity index (χ4v) is 2.45. The summed E-state index contributed by atoms with van der Waals surface area (Å²) in [7, 11) is 0. The Morgan fingerprint density at radius 3 is 3.06 bits per heavy atom. The van der Waals surface area contributed by atoms with Gasteiger partial charge < -0.3 is 9.30 Å². The summed E-state index contributed by atoms with van der Waals surface area (Å²) in [5.41, 5.74) is 2.96. The SMILES string of the molecule is CCc1nc2n(c1C)CCOc1ccc(F)cc1-2. The van der Waals surface area contributed by atoms with Crippen LogP contribution in [0.4, 0.5) is 4.39 Å². The van der Waals surface area contributed by atoms with Gasteiger partial charge in [-0.1, -0.05) is 6.92 Å². The van der Waals surface area contributed by atoms with Crippen LogP contribution in [0.1, 0.15) is 18.3 Å². The van der Waals surface area contributed by atoms with Crippen molar-refractivity contribution in [3.63, 3.8) is 0 Å². The predicted octanol–water partition coefficient (Wildman–Crippen LogP) is 2.95. The monoisotopic (exact) mass is 246 g/mol. The van der Waals surface area contributed by atoms with Crippen LogP contribution in [0.3, 0.4) is 0 Å². The molecule has 0 aliphatic carbocycles. The first-order valence-corrected chi connectivity index (χ1v) is 6.19. The van der Waals surface area contributed by atoms with E-state index in [-0.39, 0.29) is 5.82 Å². The molecule has 1 aromatic heterocycles. The van der Waals surface area contributed by atoms with E-state index >= 15 is 0 Å². The fourth-order valence-electron chi connectivity index (χ4n) is 2.45. The summed E-state index contributed by atoms with van der Waals surface area (Å²) in [5, 5.41) is 0. The number of halogens is 1. The Balaban J connectivity index is 2.26. The molecule has 18 heavy (non-hydrogen) atoms. The second-order valence-electron chi connectivity index (χ2n) is 4.46. The van der Waals surface area contributed by atoms with E-state index in [9.17, 15) is 4.39 Å². The molecule has 0 bridgehead atoms. The van der Waals surface area contributed by atoms with Gasteiger partial charge >= 0.3 is 0 Å². The average Bonchev–Trinajstić information content (AvgIpc) is 2.57. The third-order valence-corrected chi connectivity index (χ3v) is 3.41. The van der Waals surface area contributed by atoms with Gasteiger partial charge in [0.2, 0.25) is 0 Å². The predicted molar refractivity (Wildman–Crippen MR) is 67.2 cm³/mol. The Bertz CT molecular complexity index is 604. The van der Waals surface area contributed by atoms with E-state index in [2.05, 4.69) is 23.4 Å². The highest BCUT2D eigenvalue weighted by atomic mass is 19.1. The zero-order chi connectivity index (χ0) is 12.7. The molecule has 3 nitrogen and oxygen atoms in total. The summed E-state index contributed by atoms with van der Waals surface area (Å²) in [5.74, 6) is 1.27. The van der Waals surface area contributed by atoms with Gasteiger partial charge in [0.25, 0.3) is 0 Å².